The van der Waals surface area contributed by atoms with Crippen LogP contribution in [0.25, 0.3) is 0 Å². The standard InChI is InChI=1S/C26H24ClFN2O4/c1-33-14-13-30-24(16-7-9-17(28)10-8-16)23(19-5-3-4-6-20(19)26(30)32)25(31)29-18-11-12-22(34-2)21(27)15-18/h3-12,15,23-24H,13-14H2,1-2H3,(H,29,31)/t23-,24-/m0/s1. The molecule has 3 aromatic carbocycles. The molecule has 0 radical (unpaired) electrons. The zero-order valence-electron chi connectivity index (χ0n) is 18.8. The van der Waals surface area contributed by atoms with Gasteiger partial charge in [0.15, 0.2) is 0 Å². The van der Waals surface area contributed by atoms with E-state index in [1.54, 1.807) is 66.6 Å². The summed E-state index contributed by atoms with van der Waals surface area (Å²) < 4.78 is 24.1. The maximum absolute atomic E-state index is 13.7. The number of halogens is 2. The Balaban J connectivity index is 1.80. The highest BCUT2D eigenvalue weighted by Gasteiger charge is 2.44. The summed E-state index contributed by atoms with van der Waals surface area (Å²) in [6, 6.07) is 17.2. The number of carbonyl (C=O) groups excluding carboxylic acids is 2. The van der Waals surface area contributed by atoms with Crippen molar-refractivity contribution in [2.75, 3.05) is 32.7 Å². The topological polar surface area (TPSA) is 67.9 Å². The molecule has 0 unspecified atom stereocenters. The molecule has 2 amide bonds. The van der Waals surface area contributed by atoms with Crippen molar-refractivity contribution in [3.63, 3.8) is 0 Å². The lowest BCUT2D eigenvalue weighted by Gasteiger charge is -2.41. The van der Waals surface area contributed by atoms with E-state index < -0.39 is 17.8 Å². The molecule has 1 aliphatic rings. The average molecular weight is 483 g/mol. The highest BCUT2D eigenvalue weighted by atomic mass is 35.5. The lowest BCUT2D eigenvalue weighted by molar-refractivity contribution is -0.119. The van der Waals surface area contributed by atoms with Crippen molar-refractivity contribution in [1.29, 1.82) is 0 Å². The highest BCUT2D eigenvalue weighted by Crippen LogP contribution is 2.43. The molecule has 3 aromatic rings. The molecule has 0 bridgehead atoms. The second-order valence-corrected chi connectivity index (χ2v) is 8.30. The number of rotatable bonds is 7. The van der Waals surface area contributed by atoms with Crippen molar-refractivity contribution >= 4 is 29.1 Å². The molecular weight excluding hydrogens is 459 g/mol. The second kappa shape index (κ2) is 10.2. The third-order valence-corrected chi connectivity index (χ3v) is 6.18. The molecule has 0 aromatic heterocycles. The summed E-state index contributed by atoms with van der Waals surface area (Å²) in [5.74, 6) is -1.19. The number of fused-ring (bicyclic) bond motifs is 1. The average Bonchev–Trinajstić information content (AvgIpc) is 2.84. The fourth-order valence-electron chi connectivity index (χ4n) is 4.31. The van der Waals surface area contributed by atoms with E-state index in [-0.39, 0.29) is 25.0 Å². The van der Waals surface area contributed by atoms with Crippen molar-refractivity contribution in [3.8, 4) is 5.75 Å². The number of anilines is 1. The van der Waals surface area contributed by atoms with Gasteiger partial charge in [-0.1, -0.05) is 41.9 Å². The first-order valence-corrected chi connectivity index (χ1v) is 11.1. The minimum absolute atomic E-state index is 0.210. The molecule has 0 aliphatic carbocycles. The Morgan fingerprint density at radius 3 is 2.50 bits per heavy atom. The number of amides is 2. The van der Waals surface area contributed by atoms with Crippen LogP contribution in [0.1, 0.15) is 33.4 Å². The quantitative estimate of drug-likeness (QED) is 0.511. The van der Waals surface area contributed by atoms with Crippen LogP contribution in [0.2, 0.25) is 5.02 Å². The van der Waals surface area contributed by atoms with Gasteiger partial charge in [0, 0.05) is 24.9 Å². The van der Waals surface area contributed by atoms with Crippen LogP contribution in [-0.4, -0.2) is 44.1 Å². The molecular formula is C26H24ClFN2O4. The van der Waals surface area contributed by atoms with Gasteiger partial charge in [0.2, 0.25) is 5.91 Å². The first-order chi connectivity index (χ1) is 16.4. The highest BCUT2D eigenvalue weighted by molar-refractivity contribution is 6.32. The predicted octanol–water partition coefficient (Wildman–Crippen LogP) is 5.05. The molecule has 0 spiro atoms. The zero-order chi connectivity index (χ0) is 24.2. The molecule has 1 heterocycles. The van der Waals surface area contributed by atoms with Crippen molar-refractivity contribution < 1.29 is 23.5 Å². The lowest BCUT2D eigenvalue weighted by atomic mass is 9.79. The zero-order valence-corrected chi connectivity index (χ0v) is 19.5. The first kappa shape index (κ1) is 23.7. The van der Waals surface area contributed by atoms with Crippen molar-refractivity contribution in [2.24, 2.45) is 0 Å². The molecule has 1 N–H and O–H groups in total. The second-order valence-electron chi connectivity index (χ2n) is 7.89. The summed E-state index contributed by atoms with van der Waals surface area (Å²) in [6.07, 6.45) is 0. The number of benzene rings is 3. The van der Waals surface area contributed by atoms with Crippen molar-refractivity contribution in [3.05, 3.63) is 94.3 Å². The molecule has 4 rings (SSSR count). The third-order valence-electron chi connectivity index (χ3n) is 5.89. The minimum atomic E-state index is -0.753. The Hall–Kier alpha value is -3.42. The molecule has 2 atom stereocenters. The predicted molar refractivity (Wildman–Crippen MR) is 128 cm³/mol. The van der Waals surface area contributed by atoms with Crippen LogP contribution in [0.3, 0.4) is 0 Å². The Bertz CT molecular complexity index is 1200. The fraction of sp³-hybridized carbons (Fsp3) is 0.231. The van der Waals surface area contributed by atoms with Gasteiger partial charge in [0.25, 0.3) is 5.91 Å². The van der Waals surface area contributed by atoms with E-state index in [4.69, 9.17) is 21.1 Å². The van der Waals surface area contributed by atoms with Crippen molar-refractivity contribution in [2.45, 2.75) is 12.0 Å². The fourth-order valence-corrected chi connectivity index (χ4v) is 4.56. The number of hydrogen-bond acceptors (Lipinski definition) is 4. The Kier molecular flexibility index (Phi) is 7.14. The smallest absolute Gasteiger partial charge is 0.254 e. The van der Waals surface area contributed by atoms with Crippen LogP contribution in [0.5, 0.6) is 5.75 Å². The van der Waals surface area contributed by atoms with Crippen LogP contribution >= 0.6 is 11.6 Å². The van der Waals surface area contributed by atoms with E-state index in [1.807, 2.05) is 0 Å². The number of carbonyl (C=O) groups is 2. The largest absolute Gasteiger partial charge is 0.495 e. The molecule has 34 heavy (non-hydrogen) atoms. The van der Waals surface area contributed by atoms with Crippen LogP contribution in [-0.2, 0) is 9.53 Å². The van der Waals surface area contributed by atoms with E-state index in [2.05, 4.69) is 5.32 Å². The van der Waals surface area contributed by atoms with Crippen LogP contribution in [0.4, 0.5) is 10.1 Å². The maximum Gasteiger partial charge on any atom is 0.254 e. The van der Waals surface area contributed by atoms with Crippen molar-refractivity contribution in [1.82, 2.24) is 4.90 Å². The van der Waals surface area contributed by atoms with Gasteiger partial charge >= 0.3 is 0 Å². The normalized spacial score (nSPS) is 17.3. The SMILES string of the molecule is COCCN1C(=O)c2ccccc2[C@H](C(=O)Nc2ccc(OC)c(Cl)c2)[C@@H]1c1ccc(F)cc1. The van der Waals surface area contributed by atoms with Crippen LogP contribution in [0, 0.1) is 5.82 Å². The molecule has 8 heteroatoms. The molecule has 1 aliphatic heterocycles. The summed E-state index contributed by atoms with van der Waals surface area (Å²) in [5.41, 5.74) is 2.19. The summed E-state index contributed by atoms with van der Waals surface area (Å²) in [7, 11) is 3.06. The monoisotopic (exact) mass is 482 g/mol. The van der Waals surface area contributed by atoms with Gasteiger partial charge in [-0.05, 0) is 47.5 Å². The Morgan fingerprint density at radius 1 is 1.09 bits per heavy atom. The summed E-state index contributed by atoms with van der Waals surface area (Å²) in [6.45, 7) is 0.553. The number of nitrogens with one attached hydrogen (secondary N) is 1. The van der Waals surface area contributed by atoms with Crippen LogP contribution < -0.4 is 10.1 Å². The summed E-state index contributed by atoms with van der Waals surface area (Å²) >= 11 is 6.24. The van der Waals surface area contributed by atoms with Gasteiger partial charge in [-0.25, -0.2) is 4.39 Å². The van der Waals surface area contributed by atoms with Gasteiger partial charge in [-0.3, -0.25) is 9.59 Å². The molecule has 0 saturated carbocycles. The van der Waals surface area contributed by atoms with E-state index in [9.17, 15) is 14.0 Å². The van der Waals surface area contributed by atoms with Gasteiger partial charge in [-0.15, -0.1) is 0 Å². The van der Waals surface area contributed by atoms with E-state index in [1.165, 1.54) is 19.2 Å². The summed E-state index contributed by atoms with van der Waals surface area (Å²) in [5, 5.41) is 3.28. The van der Waals surface area contributed by atoms with Gasteiger partial charge in [-0.2, -0.15) is 0 Å². The Labute approximate surface area is 202 Å². The summed E-state index contributed by atoms with van der Waals surface area (Å²) in [4.78, 5) is 28.8. The molecule has 0 saturated heterocycles. The molecule has 6 nitrogen and oxygen atoms in total. The van der Waals surface area contributed by atoms with Gasteiger partial charge in [0.1, 0.15) is 11.6 Å². The first-order valence-electron chi connectivity index (χ1n) is 10.7. The Morgan fingerprint density at radius 2 is 1.82 bits per heavy atom. The number of hydrogen-bond donors (Lipinski definition) is 1. The lowest BCUT2D eigenvalue weighted by Crippen LogP contribution is -2.47. The van der Waals surface area contributed by atoms with Gasteiger partial charge in [0.05, 0.1) is 30.7 Å². The molecule has 176 valence electrons. The van der Waals surface area contributed by atoms with Gasteiger partial charge < -0.3 is 19.7 Å². The third kappa shape index (κ3) is 4.62. The van der Waals surface area contributed by atoms with E-state index >= 15 is 0 Å². The molecule has 0 fully saturated rings. The minimum Gasteiger partial charge on any atom is -0.495 e. The number of ether oxygens (including phenoxy) is 2. The maximum atomic E-state index is 13.7. The number of nitrogens with zero attached hydrogens (tertiary/aromatic N) is 1. The van der Waals surface area contributed by atoms with Crippen LogP contribution in [0.15, 0.2) is 66.7 Å². The van der Waals surface area contributed by atoms with E-state index in [0.29, 0.717) is 33.1 Å². The van der Waals surface area contributed by atoms with E-state index in [0.717, 1.165) is 0 Å². The number of methoxy groups -OCH3 is 2.